The van der Waals surface area contributed by atoms with Gasteiger partial charge in [0, 0.05) is 48.8 Å². The van der Waals surface area contributed by atoms with Crippen LogP contribution in [0.15, 0.2) is 134 Å². The maximum atomic E-state index is 13.1. The van der Waals surface area contributed by atoms with Crippen LogP contribution < -0.4 is 26.0 Å². The van der Waals surface area contributed by atoms with Crippen LogP contribution in [0.25, 0.3) is 0 Å². The van der Waals surface area contributed by atoms with Gasteiger partial charge in [0.2, 0.25) is 11.8 Å². The molecule has 0 aliphatic rings. The third-order valence-corrected chi connectivity index (χ3v) is 7.30. The minimum Gasteiger partial charge on any atom is -0.457 e. The largest absolute Gasteiger partial charge is 0.457 e. The Labute approximate surface area is 299 Å². The van der Waals surface area contributed by atoms with Gasteiger partial charge in [-0.3, -0.25) is 19.2 Å². The van der Waals surface area contributed by atoms with Gasteiger partial charge in [-0.2, -0.15) is 26.3 Å². The topological polar surface area (TPSA) is 126 Å². The highest BCUT2D eigenvalue weighted by Crippen LogP contribution is 2.25. The molecule has 2 amide bonds. The van der Waals surface area contributed by atoms with E-state index in [4.69, 9.17) is 4.74 Å². The van der Waals surface area contributed by atoms with Crippen LogP contribution in [0.3, 0.4) is 0 Å². The molecule has 2 atom stereocenters. The van der Waals surface area contributed by atoms with Crippen LogP contribution in [-0.4, -0.2) is 47.8 Å². The Morgan fingerprint density at radius 1 is 0.528 bits per heavy atom. The summed E-state index contributed by atoms with van der Waals surface area (Å²) in [6, 6.07) is 27.9. The summed E-state index contributed by atoms with van der Waals surface area (Å²) in [6.45, 7) is 0. The number of amides is 2. The molecule has 0 fully saturated rings. The first kappa shape index (κ1) is 39.4. The fourth-order valence-electron chi connectivity index (χ4n) is 4.63. The number of alkyl halides is 6. The van der Waals surface area contributed by atoms with Crippen molar-refractivity contribution < 1.29 is 50.3 Å². The first-order chi connectivity index (χ1) is 25.2. The van der Waals surface area contributed by atoms with E-state index < -0.39 is 47.8 Å². The number of ketones is 2. The Balaban J connectivity index is 1.36. The molecule has 0 heterocycles. The number of allylic oxidation sites excluding steroid dienone is 2. The summed E-state index contributed by atoms with van der Waals surface area (Å²) >= 11 is 0. The van der Waals surface area contributed by atoms with Gasteiger partial charge in [0.15, 0.2) is 0 Å². The third-order valence-electron chi connectivity index (χ3n) is 7.30. The van der Waals surface area contributed by atoms with Gasteiger partial charge in [-0.05, 0) is 59.7 Å². The van der Waals surface area contributed by atoms with Gasteiger partial charge >= 0.3 is 12.4 Å². The monoisotopic (exact) mass is 738 g/mol. The van der Waals surface area contributed by atoms with Crippen molar-refractivity contribution in [3.05, 3.63) is 145 Å². The number of benzene rings is 4. The van der Waals surface area contributed by atoms with Gasteiger partial charge in [0.1, 0.15) is 23.6 Å². The highest BCUT2D eigenvalue weighted by atomic mass is 19.4. The quantitative estimate of drug-likeness (QED) is 0.0718. The number of rotatable bonds is 16. The second-order valence-corrected chi connectivity index (χ2v) is 11.3. The lowest BCUT2D eigenvalue weighted by molar-refractivity contribution is -0.165. The zero-order valence-corrected chi connectivity index (χ0v) is 27.6. The predicted octanol–water partition coefficient (Wildman–Crippen LogP) is 7.05. The molecule has 4 rings (SSSR count). The molecule has 2 unspecified atom stereocenters. The van der Waals surface area contributed by atoms with Crippen molar-refractivity contribution in [3.8, 4) is 11.5 Å². The average molecular weight is 739 g/mol. The maximum absolute atomic E-state index is 13.1. The van der Waals surface area contributed by atoms with Crippen LogP contribution in [0.4, 0.5) is 37.7 Å². The molecule has 4 aromatic rings. The van der Waals surface area contributed by atoms with Crippen molar-refractivity contribution in [1.29, 1.82) is 0 Å². The Morgan fingerprint density at radius 2 is 0.868 bits per heavy atom. The highest BCUT2D eigenvalue weighted by molar-refractivity contribution is 5.97. The van der Waals surface area contributed by atoms with Crippen molar-refractivity contribution in [2.75, 3.05) is 10.6 Å². The van der Waals surface area contributed by atoms with Gasteiger partial charge in [-0.1, -0.05) is 60.7 Å². The van der Waals surface area contributed by atoms with Crippen molar-refractivity contribution in [1.82, 2.24) is 10.6 Å². The van der Waals surface area contributed by atoms with Gasteiger partial charge in [0.25, 0.3) is 11.6 Å². The molecule has 0 spiro atoms. The van der Waals surface area contributed by atoms with Crippen LogP contribution in [0.5, 0.6) is 11.5 Å². The fourth-order valence-corrected chi connectivity index (χ4v) is 4.63. The smallest absolute Gasteiger partial charge is 0.454 e. The fraction of sp³-hybridized carbons (Fsp3) is 0.158. The molecule has 0 saturated heterocycles. The zero-order valence-electron chi connectivity index (χ0n) is 27.6. The van der Waals surface area contributed by atoms with E-state index in [0.717, 1.165) is 23.5 Å². The lowest BCUT2D eigenvalue weighted by atomic mass is 10.1. The average Bonchev–Trinajstić information content (AvgIpc) is 3.12. The number of ether oxygens (including phenoxy) is 1. The normalized spacial score (nSPS) is 12.9. The highest BCUT2D eigenvalue weighted by Gasteiger charge is 2.37. The van der Waals surface area contributed by atoms with Crippen LogP contribution in [0, 0.1) is 0 Å². The number of hydrogen-bond acceptors (Lipinski definition) is 7. The van der Waals surface area contributed by atoms with Crippen molar-refractivity contribution >= 4 is 34.8 Å². The van der Waals surface area contributed by atoms with Crippen LogP contribution in [0.1, 0.15) is 11.1 Å². The Hall–Kier alpha value is -6.38. The Kier molecular flexibility index (Phi) is 13.5. The summed E-state index contributed by atoms with van der Waals surface area (Å²) in [5, 5.41) is 10.5. The number of hydrogen-bond donors (Lipinski definition) is 4. The summed E-state index contributed by atoms with van der Waals surface area (Å²) in [7, 11) is 0. The molecule has 0 aliphatic carbocycles. The summed E-state index contributed by atoms with van der Waals surface area (Å²) in [5.74, 6) is -4.54. The SMILES string of the molecule is O=C(Nc1ccc(Oc2ccc(NC(=O)C(Cc3ccccc3)N/C=C/C(=O)C(F)(F)F)cc2)cc1)C(Cc1ccccc1)N/C=C/C(=O)C(F)(F)F. The first-order valence-corrected chi connectivity index (χ1v) is 15.8. The summed E-state index contributed by atoms with van der Waals surface area (Å²) in [5.41, 5.74) is 2.16. The molecule has 0 saturated carbocycles. The summed E-state index contributed by atoms with van der Waals surface area (Å²) in [6.07, 6.45) is -7.66. The molecular weight excluding hydrogens is 706 g/mol. The summed E-state index contributed by atoms with van der Waals surface area (Å²) in [4.78, 5) is 48.6. The second-order valence-electron chi connectivity index (χ2n) is 11.3. The first-order valence-electron chi connectivity index (χ1n) is 15.8. The number of nitrogens with one attached hydrogen (secondary N) is 4. The number of anilines is 2. The number of carbonyl (C=O) groups excluding carboxylic acids is 4. The number of halogens is 6. The van der Waals surface area contributed by atoms with E-state index in [-0.39, 0.29) is 12.8 Å². The van der Waals surface area contributed by atoms with Gasteiger partial charge in [0.05, 0.1) is 0 Å². The van der Waals surface area contributed by atoms with Gasteiger partial charge in [-0.25, -0.2) is 0 Å². The lowest BCUT2D eigenvalue weighted by Crippen LogP contribution is -2.39. The maximum Gasteiger partial charge on any atom is 0.454 e. The molecule has 0 bridgehead atoms. The van der Waals surface area contributed by atoms with Crippen LogP contribution >= 0.6 is 0 Å². The molecule has 0 aliphatic heterocycles. The summed E-state index contributed by atoms with van der Waals surface area (Å²) < 4.78 is 81.4. The standard InChI is InChI=1S/C38H32F6N4O5/c39-37(40,41)33(49)19-21-45-31(23-25-7-3-1-4-8-25)35(51)47-27-11-15-29(16-12-27)53-30-17-13-28(14-18-30)48-36(52)32(24-26-9-5-2-6-10-26)46-22-20-34(50)38(42,43)44/h1-22,31-32,45-46H,23-24H2,(H,47,51)(H,48,52)/b21-19+,22-20+. The van der Waals surface area contributed by atoms with E-state index in [1.54, 1.807) is 109 Å². The lowest BCUT2D eigenvalue weighted by Gasteiger charge is -2.18. The Bertz CT molecular complexity index is 1760. The molecular formula is C38H32F6N4O5. The van der Waals surface area contributed by atoms with Crippen molar-refractivity contribution in [3.63, 3.8) is 0 Å². The third kappa shape index (κ3) is 13.0. The molecule has 276 valence electrons. The molecule has 4 aromatic carbocycles. The van der Waals surface area contributed by atoms with E-state index >= 15 is 0 Å². The predicted molar refractivity (Wildman–Crippen MR) is 185 cm³/mol. The van der Waals surface area contributed by atoms with Gasteiger partial charge in [-0.15, -0.1) is 0 Å². The molecule has 9 nitrogen and oxygen atoms in total. The van der Waals surface area contributed by atoms with Crippen LogP contribution in [-0.2, 0) is 32.0 Å². The molecule has 53 heavy (non-hydrogen) atoms. The van der Waals surface area contributed by atoms with Crippen LogP contribution in [0.2, 0.25) is 0 Å². The van der Waals surface area contributed by atoms with E-state index in [1.807, 2.05) is 0 Å². The minimum atomic E-state index is -5.05. The van der Waals surface area contributed by atoms with Gasteiger partial charge < -0.3 is 26.0 Å². The van der Waals surface area contributed by atoms with E-state index in [0.29, 0.717) is 35.0 Å². The van der Waals surface area contributed by atoms with E-state index in [1.165, 1.54) is 0 Å². The van der Waals surface area contributed by atoms with Crippen molar-refractivity contribution in [2.24, 2.45) is 0 Å². The van der Waals surface area contributed by atoms with E-state index in [9.17, 15) is 45.5 Å². The molecule has 0 radical (unpaired) electrons. The van der Waals surface area contributed by atoms with E-state index in [2.05, 4.69) is 21.3 Å². The van der Waals surface area contributed by atoms with Crippen molar-refractivity contribution in [2.45, 2.75) is 37.3 Å². The number of carbonyl (C=O) groups is 4. The Morgan fingerprint density at radius 3 is 1.19 bits per heavy atom. The minimum absolute atomic E-state index is 0.110. The molecule has 4 N–H and O–H groups in total. The molecule has 0 aromatic heterocycles. The molecule has 15 heteroatoms. The second kappa shape index (κ2) is 18.2. The zero-order chi connectivity index (χ0) is 38.4.